The predicted molar refractivity (Wildman–Crippen MR) is 75.1 cm³/mol. The zero-order valence-corrected chi connectivity index (χ0v) is 12.3. The minimum absolute atomic E-state index is 0.0830. The molecule has 20 heavy (non-hydrogen) atoms. The van der Waals surface area contributed by atoms with Crippen molar-refractivity contribution in [2.45, 2.75) is 26.3 Å². The third-order valence-corrected chi connectivity index (χ3v) is 4.01. The Labute approximate surface area is 121 Å². The van der Waals surface area contributed by atoms with E-state index in [9.17, 15) is 4.79 Å². The van der Waals surface area contributed by atoms with Gasteiger partial charge in [-0.3, -0.25) is 9.48 Å². The lowest BCUT2D eigenvalue weighted by Gasteiger charge is -2.30. The lowest BCUT2D eigenvalue weighted by molar-refractivity contribution is -0.138. The Bertz CT molecular complexity index is 668. The highest BCUT2D eigenvalue weighted by Gasteiger charge is 2.26. The standard InChI is InChI=1S/C13H16ClN5O/c1-8-4-3-5-19(13(8)20)7-10-16-11(14)9-6-15-18(2)12(9)17-10/h6,8H,3-5,7H2,1-2H3. The van der Waals surface area contributed by atoms with Crippen LogP contribution in [0.25, 0.3) is 11.0 Å². The normalized spacial score (nSPS) is 19.9. The van der Waals surface area contributed by atoms with Gasteiger partial charge in [-0.1, -0.05) is 18.5 Å². The van der Waals surface area contributed by atoms with Crippen molar-refractivity contribution in [3.05, 3.63) is 17.2 Å². The second kappa shape index (κ2) is 5.01. The van der Waals surface area contributed by atoms with Crippen LogP contribution in [0.15, 0.2) is 6.20 Å². The highest BCUT2D eigenvalue weighted by atomic mass is 35.5. The Morgan fingerprint density at radius 1 is 1.45 bits per heavy atom. The van der Waals surface area contributed by atoms with Crippen LogP contribution in [0.2, 0.25) is 5.15 Å². The Hall–Kier alpha value is -1.69. The molecular formula is C13H16ClN5O. The summed E-state index contributed by atoms with van der Waals surface area (Å²) in [6.45, 7) is 3.13. The highest BCUT2D eigenvalue weighted by molar-refractivity contribution is 6.33. The third kappa shape index (κ3) is 2.24. The van der Waals surface area contributed by atoms with Crippen molar-refractivity contribution < 1.29 is 4.79 Å². The molecule has 0 N–H and O–H groups in total. The van der Waals surface area contributed by atoms with E-state index >= 15 is 0 Å². The van der Waals surface area contributed by atoms with Crippen LogP contribution >= 0.6 is 11.6 Å². The number of nitrogens with zero attached hydrogens (tertiary/aromatic N) is 5. The van der Waals surface area contributed by atoms with Gasteiger partial charge in [-0.05, 0) is 12.8 Å². The number of hydrogen-bond acceptors (Lipinski definition) is 4. The minimum Gasteiger partial charge on any atom is -0.335 e. The van der Waals surface area contributed by atoms with Crippen LogP contribution in [-0.2, 0) is 18.4 Å². The average Bonchev–Trinajstić information content (AvgIpc) is 2.78. The maximum atomic E-state index is 12.1. The van der Waals surface area contributed by atoms with E-state index in [0.717, 1.165) is 24.8 Å². The lowest BCUT2D eigenvalue weighted by atomic mass is 9.99. The first kappa shape index (κ1) is 13.3. The number of carbonyl (C=O) groups excluding carboxylic acids is 1. The number of aryl methyl sites for hydroxylation is 1. The smallest absolute Gasteiger partial charge is 0.225 e. The van der Waals surface area contributed by atoms with Crippen LogP contribution in [-0.4, -0.2) is 37.1 Å². The van der Waals surface area contributed by atoms with E-state index in [-0.39, 0.29) is 11.8 Å². The molecule has 1 amide bonds. The minimum atomic E-state index is 0.0830. The Kier molecular flexibility index (Phi) is 3.33. The van der Waals surface area contributed by atoms with Gasteiger partial charge in [-0.15, -0.1) is 0 Å². The molecular weight excluding hydrogens is 278 g/mol. The maximum absolute atomic E-state index is 12.1. The van der Waals surface area contributed by atoms with Gasteiger partial charge in [0.25, 0.3) is 0 Å². The molecule has 2 aromatic rings. The van der Waals surface area contributed by atoms with Gasteiger partial charge in [0.15, 0.2) is 11.5 Å². The lowest BCUT2D eigenvalue weighted by Crippen LogP contribution is -2.39. The van der Waals surface area contributed by atoms with Crippen molar-refractivity contribution in [2.24, 2.45) is 13.0 Å². The van der Waals surface area contributed by atoms with Crippen LogP contribution in [0.3, 0.4) is 0 Å². The van der Waals surface area contributed by atoms with Crippen LogP contribution in [0, 0.1) is 5.92 Å². The number of rotatable bonds is 2. The molecule has 3 heterocycles. The predicted octanol–water partition coefficient (Wildman–Crippen LogP) is 1.78. The molecule has 1 unspecified atom stereocenters. The monoisotopic (exact) mass is 293 g/mol. The van der Waals surface area contributed by atoms with Crippen LogP contribution in [0.5, 0.6) is 0 Å². The van der Waals surface area contributed by atoms with Crippen molar-refractivity contribution in [2.75, 3.05) is 6.54 Å². The molecule has 0 aromatic carbocycles. The first-order valence-corrected chi connectivity index (χ1v) is 7.07. The summed E-state index contributed by atoms with van der Waals surface area (Å²) >= 11 is 6.15. The number of amides is 1. The summed E-state index contributed by atoms with van der Waals surface area (Å²) in [6.07, 6.45) is 3.63. The number of hydrogen-bond donors (Lipinski definition) is 0. The zero-order valence-electron chi connectivity index (χ0n) is 11.5. The van der Waals surface area contributed by atoms with Crippen molar-refractivity contribution >= 4 is 28.5 Å². The molecule has 0 radical (unpaired) electrons. The van der Waals surface area contributed by atoms with Crippen molar-refractivity contribution in [3.63, 3.8) is 0 Å². The molecule has 1 saturated heterocycles. The maximum Gasteiger partial charge on any atom is 0.225 e. The van der Waals surface area contributed by atoms with Gasteiger partial charge in [0.05, 0.1) is 18.1 Å². The van der Waals surface area contributed by atoms with Gasteiger partial charge >= 0.3 is 0 Å². The second-order valence-electron chi connectivity index (χ2n) is 5.24. The number of halogens is 1. The van der Waals surface area contributed by atoms with E-state index in [1.165, 1.54) is 0 Å². The van der Waals surface area contributed by atoms with Gasteiger partial charge in [-0.25, -0.2) is 9.97 Å². The summed E-state index contributed by atoms with van der Waals surface area (Å²) in [6, 6.07) is 0. The fourth-order valence-electron chi connectivity index (χ4n) is 2.56. The molecule has 3 rings (SSSR count). The van der Waals surface area contributed by atoms with Gasteiger partial charge in [0.2, 0.25) is 5.91 Å². The van der Waals surface area contributed by atoms with Gasteiger partial charge in [0, 0.05) is 19.5 Å². The Morgan fingerprint density at radius 2 is 2.25 bits per heavy atom. The van der Waals surface area contributed by atoms with Crippen LogP contribution < -0.4 is 0 Å². The second-order valence-corrected chi connectivity index (χ2v) is 5.60. The quantitative estimate of drug-likeness (QED) is 0.792. The molecule has 106 valence electrons. The fourth-order valence-corrected chi connectivity index (χ4v) is 2.79. The third-order valence-electron chi connectivity index (χ3n) is 3.72. The van der Waals surface area contributed by atoms with Gasteiger partial charge < -0.3 is 4.90 Å². The number of carbonyl (C=O) groups is 1. The fraction of sp³-hybridized carbons (Fsp3) is 0.538. The summed E-state index contributed by atoms with van der Waals surface area (Å²) in [4.78, 5) is 22.7. The van der Waals surface area contributed by atoms with Crippen LogP contribution in [0.4, 0.5) is 0 Å². The SMILES string of the molecule is CC1CCCN(Cc2nc(Cl)c3cnn(C)c3n2)C1=O. The average molecular weight is 294 g/mol. The molecule has 0 saturated carbocycles. The summed E-state index contributed by atoms with van der Waals surface area (Å²) in [5.74, 6) is 0.814. The molecule has 1 aliphatic rings. The van der Waals surface area contributed by atoms with Gasteiger partial charge in [-0.2, -0.15) is 5.10 Å². The first-order chi connectivity index (χ1) is 9.56. The molecule has 2 aromatic heterocycles. The molecule has 6 nitrogen and oxygen atoms in total. The van der Waals surface area contributed by atoms with E-state index < -0.39 is 0 Å². The van der Waals surface area contributed by atoms with E-state index in [1.807, 2.05) is 18.9 Å². The van der Waals surface area contributed by atoms with E-state index in [1.54, 1.807) is 10.9 Å². The largest absolute Gasteiger partial charge is 0.335 e. The summed E-state index contributed by atoms with van der Waals surface area (Å²) in [5, 5.41) is 5.24. The molecule has 0 aliphatic carbocycles. The van der Waals surface area contributed by atoms with E-state index in [0.29, 0.717) is 23.2 Å². The zero-order chi connectivity index (χ0) is 14.3. The van der Waals surface area contributed by atoms with Crippen molar-refractivity contribution in [1.29, 1.82) is 0 Å². The molecule has 0 spiro atoms. The Morgan fingerprint density at radius 3 is 3.05 bits per heavy atom. The molecule has 1 atom stereocenters. The molecule has 1 fully saturated rings. The number of fused-ring (bicyclic) bond motifs is 1. The molecule has 0 bridgehead atoms. The number of piperidine rings is 1. The van der Waals surface area contributed by atoms with Crippen LogP contribution in [0.1, 0.15) is 25.6 Å². The molecule has 1 aliphatic heterocycles. The van der Waals surface area contributed by atoms with Gasteiger partial charge in [0.1, 0.15) is 5.15 Å². The van der Waals surface area contributed by atoms with E-state index in [2.05, 4.69) is 15.1 Å². The molecule has 7 heteroatoms. The van der Waals surface area contributed by atoms with Crippen molar-refractivity contribution in [3.8, 4) is 0 Å². The summed E-state index contributed by atoms with van der Waals surface area (Å²) in [7, 11) is 1.81. The number of likely N-dealkylation sites (tertiary alicyclic amines) is 1. The number of aromatic nitrogens is 4. The van der Waals surface area contributed by atoms with E-state index in [4.69, 9.17) is 11.6 Å². The van der Waals surface area contributed by atoms with Crippen molar-refractivity contribution in [1.82, 2.24) is 24.6 Å². The first-order valence-electron chi connectivity index (χ1n) is 6.69. The topological polar surface area (TPSA) is 63.9 Å². The summed E-state index contributed by atoms with van der Waals surface area (Å²) < 4.78 is 1.66. The summed E-state index contributed by atoms with van der Waals surface area (Å²) in [5.41, 5.74) is 0.692. The Balaban J connectivity index is 1.90. The highest BCUT2D eigenvalue weighted by Crippen LogP contribution is 2.22.